The van der Waals surface area contributed by atoms with Crippen molar-refractivity contribution < 1.29 is 0 Å². The van der Waals surface area contributed by atoms with E-state index in [0.717, 1.165) is 11.3 Å². The molecule has 2 rings (SSSR count). The monoisotopic (exact) mass is 218 g/mol. The van der Waals surface area contributed by atoms with E-state index in [4.69, 9.17) is 23.2 Å². The van der Waals surface area contributed by atoms with Crippen LogP contribution in [0, 0.1) is 0 Å². The van der Waals surface area contributed by atoms with Gasteiger partial charge in [-0.2, -0.15) is 0 Å². The fourth-order valence-electron chi connectivity index (χ4n) is 0.927. The zero-order valence-electron chi connectivity index (χ0n) is 5.84. The number of nitrogens with one attached hydrogen (secondary N) is 1. The van der Waals surface area contributed by atoms with E-state index >= 15 is 0 Å². The van der Waals surface area contributed by atoms with E-state index < -0.39 is 0 Å². The second-order valence-corrected chi connectivity index (χ2v) is 4.49. The predicted molar refractivity (Wildman–Crippen MR) is 51.9 cm³/mol. The summed E-state index contributed by atoms with van der Waals surface area (Å²) in [6.07, 6.45) is 3.32. The first-order valence-electron chi connectivity index (χ1n) is 3.21. The van der Waals surface area contributed by atoms with Gasteiger partial charge in [-0.15, -0.1) is 11.3 Å². The number of rotatable bonds is 1. The first kappa shape index (κ1) is 8.10. The van der Waals surface area contributed by atoms with Crippen molar-refractivity contribution in [3.05, 3.63) is 27.3 Å². The molecule has 0 saturated heterocycles. The van der Waals surface area contributed by atoms with Gasteiger partial charge in [0, 0.05) is 5.56 Å². The highest BCUT2D eigenvalue weighted by atomic mass is 35.5. The van der Waals surface area contributed by atoms with Crippen LogP contribution in [0.4, 0.5) is 0 Å². The highest BCUT2D eigenvalue weighted by molar-refractivity contribution is 7.20. The van der Waals surface area contributed by atoms with Crippen molar-refractivity contribution in [2.45, 2.75) is 0 Å². The highest BCUT2D eigenvalue weighted by Gasteiger charge is 2.08. The molecule has 0 bridgehead atoms. The fourth-order valence-corrected chi connectivity index (χ4v) is 2.42. The summed E-state index contributed by atoms with van der Waals surface area (Å²) in [5.74, 6) is 0. The van der Waals surface area contributed by atoms with E-state index in [1.54, 1.807) is 12.5 Å². The molecule has 0 atom stereocenters. The summed E-state index contributed by atoms with van der Waals surface area (Å²) in [5.41, 5.74) is 1.80. The smallest absolute Gasteiger partial charge is 0.104 e. The van der Waals surface area contributed by atoms with Crippen LogP contribution in [-0.2, 0) is 0 Å². The first-order valence-corrected chi connectivity index (χ1v) is 4.78. The number of hydrogen-bond acceptors (Lipinski definition) is 2. The van der Waals surface area contributed by atoms with Crippen molar-refractivity contribution in [3.63, 3.8) is 0 Å². The summed E-state index contributed by atoms with van der Waals surface area (Å²) in [7, 11) is 0. The molecule has 0 saturated carbocycles. The molecule has 0 aromatic carbocycles. The van der Waals surface area contributed by atoms with E-state index in [9.17, 15) is 0 Å². The summed E-state index contributed by atoms with van der Waals surface area (Å²) in [4.78, 5) is 6.86. The summed E-state index contributed by atoms with van der Waals surface area (Å²) in [6.45, 7) is 0. The quantitative estimate of drug-likeness (QED) is 0.781. The summed E-state index contributed by atoms with van der Waals surface area (Å²) >= 11 is 13.1. The predicted octanol–water partition coefficient (Wildman–Crippen LogP) is 3.45. The molecular formula is C7H4Cl2N2S. The summed E-state index contributed by atoms with van der Waals surface area (Å²) in [6, 6.07) is 1.82. The molecule has 0 aliphatic carbocycles. The Morgan fingerprint density at radius 1 is 1.42 bits per heavy atom. The molecule has 0 aliphatic heterocycles. The topological polar surface area (TPSA) is 28.7 Å². The van der Waals surface area contributed by atoms with Gasteiger partial charge in [-0.1, -0.05) is 23.2 Å². The Bertz CT molecular complexity index is 380. The van der Waals surface area contributed by atoms with Gasteiger partial charge in [-0.25, -0.2) is 4.98 Å². The molecule has 62 valence electrons. The van der Waals surface area contributed by atoms with Crippen LogP contribution < -0.4 is 0 Å². The van der Waals surface area contributed by atoms with Crippen LogP contribution in [0.15, 0.2) is 18.6 Å². The minimum Gasteiger partial charge on any atom is -0.345 e. The lowest BCUT2D eigenvalue weighted by atomic mass is 10.3. The zero-order chi connectivity index (χ0) is 8.55. The first-order chi connectivity index (χ1) is 5.77. The Morgan fingerprint density at radius 2 is 2.25 bits per heavy atom. The number of halogens is 2. The largest absolute Gasteiger partial charge is 0.345 e. The third kappa shape index (κ3) is 1.35. The average molecular weight is 219 g/mol. The third-order valence-corrected chi connectivity index (χ3v) is 2.93. The van der Waals surface area contributed by atoms with Crippen molar-refractivity contribution in [1.82, 2.24) is 9.97 Å². The van der Waals surface area contributed by atoms with Gasteiger partial charge < -0.3 is 4.98 Å². The Hall–Kier alpha value is -0.510. The molecule has 2 heterocycles. The van der Waals surface area contributed by atoms with E-state index in [1.807, 2.05) is 6.07 Å². The molecular weight excluding hydrogens is 215 g/mol. The van der Waals surface area contributed by atoms with Crippen LogP contribution in [-0.4, -0.2) is 9.97 Å². The van der Waals surface area contributed by atoms with Crippen LogP contribution >= 0.6 is 34.5 Å². The number of hydrogen-bond donors (Lipinski definition) is 1. The van der Waals surface area contributed by atoms with Crippen LogP contribution in [0.3, 0.4) is 0 Å². The number of thiophene rings is 1. The zero-order valence-corrected chi connectivity index (χ0v) is 8.17. The van der Waals surface area contributed by atoms with Crippen molar-refractivity contribution >= 4 is 34.5 Å². The fraction of sp³-hybridized carbons (Fsp3) is 0. The van der Waals surface area contributed by atoms with Crippen LogP contribution in [0.25, 0.3) is 11.3 Å². The van der Waals surface area contributed by atoms with Crippen LogP contribution in [0.2, 0.25) is 8.67 Å². The Morgan fingerprint density at radius 3 is 2.75 bits per heavy atom. The number of nitrogens with zero attached hydrogens (tertiary/aromatic N) is 1. The van der Waals surface area contributed by atoms with Gasteiger partial charge in [-0.05, 0) is 6.07 Å². The molecule has 0 radical (unpaired) electrons. The minimum absolute atomic E-state index is 0.684. The molecule has 0 aliphatic rings. The highest BCUT2D eigenvalue weighted by Crippen LogP contribution is 2.36. The van der Waals surface area contributed by atoms with Gasteiger partial charge >= 0.3 is 0 Å². The summed E-state index contributed by atoms with van der Waals surface area (Å²) < 4.78 is 1.37. The molecule has 0 unspecified atom stereocenters. The van der Waals surface area contributed by atoms with Gasteiger partial charge in [0.05, 0.1) is 22.6 Å². The third-order valence-electron chi connectivity index (χ3n) is 1.45. The van der Waals surface area contributed by atoms with E-state index in [2.05, 4.69) is 9.97 Å². The number of aromatic amines is 1. The normalized spacial score (nSPS) is 10.5. The van der Waals surface area contributed by atoms with Gasteiger partial charge in [0.15, 0.2) is 0 Å². The molecule has 12 heavy (non-hydrogen) atoms. The number of aromatic nitrogens is 2. The molecule has 2 nitrogen and oxygen atoms in total. The van der Waals surface area contributed by atoms with Gasteiger partial charge in [0.25, 0.3) is 0 Å². The van der Waals surface area contributed by atoms with Crippen molar-refractivity contribution in [3.8, 4) is 11.3 Å². The standard InChI is InChI=1S/C7H4Cl2N2S/c8-6-1-4(7(9)12-6)5-2-10-3-11-5/h1-3H,(H,10,11). The lowest BCUT2D eigenvalue weighted by Gasteiger charge is -1.90. The number of imidazole rings is 1. The summed E-state index contributed by atoms with van der Waals surface area (Å²) in [5, 5.41) is 0. The Labute approximate surface area is 83.2 Å². The Balaban J connectivity index is 2.54. The van der Waals surface area contributed by atoms with Gasteiger partial charge in [-0.3, -0.25) is 0 Å². The maximum atomic E-state index is 5.92. The van der Waals surface area contributed by atoms with Crippen molar-refractivity contribution in [2.75, 3.05) is 0 Å². The lowest BCUT2D eigenvalue weighted by molar-refractivity contribution is 1.31. The Kier molecular flexibility index (Phi) is 2.09. The van der Waals surface area contributed by atoms with Crippen molar-refractivity contribution in [1.29, 1.82) is 0 Å². The molecule has 2 aromatic rings. The lowest BCUT2D eigenvalue weighted by Crippen LogP contribution is -1.70. The molecule has 2 aromatic heterocycles. The number of H-pyrrole nitrogens is 1. The van der Waals surface area contributed by atoms with E-state index in [0.29, 0.717) is 8.67 Å². The molecule has 0 fully saturated rings. The van der Waals surface area contributed by atoms with Crippen molar-refractivity contribution in [2.24, 2.45) is 0 Å². The van der Waals surface area contributed by atoms with Crippen LogP contribution in [0.5, 0.6) is 0 Å². The van der Waals surface area contributed by atoms with E-state index in [1.165, 1.54) is 11.3 Å². The average Bonchev–Trinajstić information content (AvgIpc) is 2.58. The molecule has 5 heteroatoms. The molecule has 1 N–H and O–H groups in total. The maximum Gasteiger partial charge on any atom is 0.104 e. The maximum absolute atomic E-state index is 5.92. The molecule has 0 spiro atoms. The van der Waals surface area contributed by atoms with Gasteiger partial charge in [0.2, 0.25) is 0 Å². The SMILES string of the molecule is Clc1cc(-c2cnc[nH]2)c(Cl)s1. The molecule has 0 amide bonds. The second-order valence-electron chi connectivity index (χ2n) is 2.20. The van der Waals surface area contributed by atoms with E-state index in [-0.39, 0.29) is 0 Å². The van der Waals surface area contributed by atoms with Crippen LogP contribution in [0.1, 0.15) is 0 Å². The van der Waals surface area contributed by atoms with Gasteiger partial charge in [0.1, 0.15) is 4.34 Å². The minimum atomic E-state index is 0.684. The second kappa shape index (κ2) is 3.09.